The monoisotopic (exact) mass is 512 g/mol. The molecule has 1 aliphatic rings. The van der Waals surface area contributed by atoms with Crippen molar-refractivity contribution in [2.75, 3.05) is 9.80 Å². The second-order valence-electron chi connectivity index (χ2n) is 9.66. The zero-order valence-corrected chi connectivity index (χ0v) is 21.6. The van der Waals surface area contributed by atoms with Gasteiger partial charge in [-0.2, -0.15) is 5.26 Å². The topological polar surface area (TPSA) is 43.2 Å². The van der Waals surface area contributed by atoms with Crippen LogP contribution in [-0.2, 0) is 0 Å². The number of hydrogen-bond acceptors (Lipinski definition) is 4. The summed E-state index contributed by atoms with van der Waals surface area (Å²) in [4.78, 5) is 8.97. The summed E-state index contributed by atoms with van der Waals surface area (Å²) in [5.74, 6) is 0. The van der Waals surface area contributed by atoms with Gasteiger partial charge in [-0.1, -0.05) is 78.9 Å². The van der Waals surface area contributed by atoms with Crippen molar-refractivity contribution in [1.82, 2.24) is 4.98 Å². The third kappa shape index (κ3) is 3.98. The molecule has 0 bridgehead atoms. The van der Waals surface area contributed by atoms with Gasteiger partial charge in [0.1, 0.15) is 6.07 Å². The van der Waals surface area contributed by atoms with Crippen LogP contribution in [0.15, 0.2) is 146 Å². The van der Waals surface area contributed by atoms with Crippen molar-refractivity contribution in [1.29, 1.82) is 5.26 Å². The summed E-state index contributed by atoms with van der Waals surface area (Å²) >= 11 is 0. The second-order valence-corrected chi connectivity index (χ2v) is 9.66. The van der Waals surface area contributed by atoms with Crippen LogP contribution in [0.2, 0.25) is 0 Å². The highest BCUT2D eigenvalue weighted by Gasteiger charge is 2.31. The molecule has 2 heterocycles. The fourth-order valence-corrected chi connectivity index (χ4v) is 5.50. The highest BCUT2D eigenvalue weighted by atomic mass is 15.3. The average molecular weight is 513 g/mol. The number of fused-ring (bicyclic) bond motifs is 2. The first-order valence-electron chi connectivity index (χ1n) is 13.2. The first kappa shape index (κ1) is 23.5. The van der Waals surface area contributed by atoms with Gasteiger partial charge in [-0.15, -0.1) is 0 Å². The Hall–Kier alpha value is -5.66. The zero-order valence-electron chi connectivity index (χ0n) is 21.6. The smallest absolute Gasteiger partial charge is 0.101 e. The summed E-state index contributed by atoms with van der Waals surface area (Å²) in [6.07, 6.45) is 3.40. The van der Waals surface area contributed by atoms with Crippen molar-refractivity contribution in [3.8, 4) is 28.3 Å². The first-order chi connectivity index (χ1) is 19.8. The maximum absolute atomic E-state index is 9.37. The standard InChI is InChI=1S/C36H24N4/c37-23-26-21-29(25-38-24-26)27-11-10-12-28(22-27)31-15-4-5-16-32(31)40-35-19-8-6-17-33(35)39(30-13-2-1-3-14-30)34-18-7-9-20-36(34)40/h1-22,24-25H. The molecule has 0 radical (unpaired) electrons. The van der Waals surface area contributed by atoms with Crippen LogP contribution in [-0.4, -0.2) is 4.98 Å². The molecule has 0 amide bonds. The molecule has 0 saturated heterocycles. The quantitative estimate of drug-likeness (QED) is 0.235. The Labute approximate surface area is 233 Å². The van der Waals surface area contributed by atoms with Crippen LogP contribution in [0.3, 0.4) is 0 Å². The fraction of sp³-hybridized carbons (Fsp3) is 0. The van der Waals surface area contributed by atoms with E-state index in [9.17, 15) is 5.26 Å². The molecule has 7 rings (SSSR count). The van der Waals surface area contributed by atoms with Gasteiger partial charge < -0.3 is 9.80 Å². The molecule has 0 saturated carbocycles. The molecule has 188 valence electrons. The van der Waals surface area contributed by atoms with Crippen LogP contribution in [0.25, 0.3) is 22.3 Å². The SMILES string of the molecule is N#Cc1cncc(-c2cccc(-c3ccccc3N3c4ccccc4N(c4ccccc4)c4ccccc43)c2)c1. The number of rotatable bonds is 4. The highest BCUT2D eigenvalue weighted by molar-refractivity contribution is 6.03. The molecule has 0 aliphatic carbocycles. The van der Waals surface area contributed by atoms with Crippen LogP contribution in [0, 0.1) is 11.3 Å². The molecular weight excluding hydrogens is 488 g/mol. The van der Waals surface area contributed by atoms with Crippen molar-refractivity contribution in [3.63, 3.8) is 0 Å². The Morgan fingerprint density at radius 1 is 0.475 bits per heavy atom. The summed E-state index contributed by atoms with van der Waals surface area (Å²) in [5.41, 5.74) is 11.4. The van der Waals surface area contributed by atoms with Crippen LogP contribution in [0.1, 0.15) is 5.56 Å². The summed E-state index contributed by atoms with van der Waals surface area (Å²) in [6, 6.07) is 48.7. The number of para-hydroxylation sites is 6. The van der Waals surface area contributed by atoms with Gasteiger partial charge in [0.15, 0.2) is 0 Å². The lowest BCUT2D eigenvalue weighted by Crippen LogP contribution is -2.24. The van der Waals surface area contributed by atoms with E-state index in [2.05, 4.69) is 148 Å². The molecule has 0 N–H and O–H groups in total. The zero-order chi connectivity index (χ0) is 26.9. The van der Waals surface area contributed by atoms with Crippen molar-refractivity contribution >= 4 is 34.1 Å². The Morgan fingerprint density at radius 2 is 1.05 bits per heavy atom. The van der Waals surface area contributed by atoms with E-state index in [-0.39, 0.29) is 0 Å². The molecule has 0 unspecified atom stereocenters. The number of aromatic nitrogens is 1. The number of pyridine rings is 1. The lowest BCUT2D eigenvalue weighted by molar-refractivity contribution is 1.17. The molecule has 0 spiro atoms. The van der Waals surface area contributed by atoms with Gasteiger partial charge in [-0.25, -0.2) is 0 Å². The number of nitrogens with zero attached hydrogens (tertiary/aromatic N) is 4. The van der Waals surface area contributed by atoms with E-state index < -0.39 is 0 Å². The van der Waals surface area contributed by atoms with Gasteiger partial charge in [0, 0.05) is 29.2 Å². The van der Waals surface area contributed by atoms with E-state index in [0.717, 1.165) is 56.4 Å². The molecule has 0 atom stereocenters. The molecule has 4 nitrogen and oxygen atoms in total. The van der Waals surface area contributed by atoms with Gasteiger partial charge >= 0.3 is 0 Å². The van der Waals surface area contributed by atoms with Crippen LogP contribution < -0.4 is 9.80 Å². The minimum Gasteiger partial charge on any atom is -0.306 e. The van der Waals surface area contributed by atoms with E-state index in [1.165, 1.54) is 0 Å². The molecule has 1 aliphatic heterocycles. The second kappa shape index (κ2) is 9.90. The van der Waals surface area contributed by atoms with Crippen LogP contribution in [0.4, 0.5) is 34.1 Å². The van der Waals surface area contributed by atoms with Crippen molar-refractivity contribution in [2.45, 2.75) is 0 Å². The first-order valence-corrected chi connectivity index (χ1v) is 13.2. The number of nitriles is 1. The number of benzene rings is 5. The minimum atomic E-state index is 0.549. The third-order valence-corrected chi connectivity index (χ3v) is 7.26. The molecule has 0 fully saturated rings. The van der Waals surface area contributed by atoms with Gasteiger partial charge in [0.05, 0.1) is 34.0 Å². The number of hydrogen-bond donors (Lipinski definition) is 0. The molecule has 6 aromatic rings. The molecule has 5 aromatic carbocycles. The Bertz CT molecular complexity index is 1840. The largest absolute Gasteiger partial charge is 0.306 e. The van der Waals surface area contributed by atoms with Gasteiger partial charge in [0.2, 0.25) is 0 Å². The molecule has 1 aromatic heterocycles. The fourth-order valence-electron chi connectivity index (χ4n) is 5.50. The number of anilines is 6. The molecular formula is C36H24N4. The minimum absolute atomic E-state index is 0.549. The predicted octanol–water partition coefficient (Wildman–Crippen LogP) is 9.54. The summed E-state index contributed by atoms with van der Waals surface area (Å²) in [6.45, 7) is 0. The van der Waals surface area contributed by atoms with E-state index in [0.29, 0.717) is 5.56 Å². The Balaban J connectivity index is 1.41. The van der Waals surface area contributed by atoms with E-state index >= 15 is 0 Å². The maximum atomic E-state index is 9.37. The van der Waals surface area contributed by atoms with Crippen molar-refractivity contribution in [3.05, 3.63) is 151 Å². The van der Waals surface area contributed by atoms with Crippen molar-refractivity contribution in [2.24, 2.45) is 0 Å². The lowest BCUT2D eigenvalue weighted by atomic mass is 9.96. The van der Waals surface area contributed by atoms with Gasteiger partial charge in [-0.05, 0) is 65.7 Å². The predicted molar refractivity (Wildman–Crippen MR) is 163 cm³/mol. The van der Waals surface area contributed by atoms with Gasteiger partial charge in [0.25, 0.3) is 0 Å². The maximum Gasteiger partial charge on any atom is 0.101 e. The normalized spacial score (nSPS) is 11.9. The Kier molecular flexibility index (Phi) is 5.81. The van der Waals surface area contributed by atoms with Crippen molar-refractivity contribution < 1.29 is 0 Å². The van der Waals surface area contributed by atoms with Crippen LogP contribution >= 0.6 is 0 Å². The summed E-state index contributed by atoms with van der Waals surface area (Å²) < 4.78 is 0. The average Bonchev–Trinajstić information content (AvgIpc) is 3.04. The highest BCUT2D eigenvalue weighted by Crippen LogP contribution is 2.55. The van der Waals surface area contributed by atoms with Crippen LogP contribution in [0.5, 0.6) is 0 Å². The molecule has 4 heteroatoms. The third-order valence-electron chi connectivity index (χ3n) is 7.26. The van der Waals surface area contributed by atoms with E-state index in [1.54, 1.807) is 12.4 Å². The Morgan fingerprint density at radius 3 is 1.73 bits per heavy atom. The lowest BCUT2D eigenvalue weighted by Gasteiger charge is -2.41. The van der Waals surface area contributed by atoms with Gasteiger partial charge in [-0.3, -0.25) is 4.98 Å². The van der Waals surface area contributed by atoms with E-state index in [1.807, 2.05) is 6.07 Å². The summed E-state index contributed by atoms with van der Waals surface area (Å²) in [5, 5.41) is 9.37. The summed E-state index contributed by atoms with van der Waals surface area (Å²) in [7, 11) is 0. The molecule has 40 heavy (non-hydrogen) atoms. The van der Waals surface area contributed by atoms with E-state index in [4.69, 9.17) is 0 Å².